The lowest BCUT2D eigenvalue weighted by Crippen LogP contribution is -2.46. The normalized spacial score (nSPS) is 20.2. The van der Waals surface area contributed by atoms with Gasteiger partial charge in [0.15, 0.2) is 0 Å². The zero-order chi connectivity index (χ0) is 13.8. The summed E-state index contributed by atoms with van der Waals surface area (Å²) < 4.78 is 14.3. The van der Waals surface area contributed by atoms with Crippen molar-refractivity contribution in [2.75, 3.05) is 26.2 Å². The lowest BCUT2D eigenvalue weighted by Gasteiger charge is -2.38. The van der Waals surface area contributed by atoms with Crippen molar-refractivity contribution in [2.45, 2.75) is 26.3 Å². The third kappa shape index (κ3) is 3.56. The second kappa shape index (κ2) is 6.82. The zero-order valence-electron chi connectivity index (χ0n) is 11.6. The van der Waals surface area contributed by atoms with Gasteiger partial charge in [-0.25, -0.2) is 4.39 Å². The summed E-state index contributed by atoms with van der Waals surface area (Å²) in [6.07, 6.45) is 1.10. The molecule has 2 rings (SSSR count). The van der Waals surface area contributed by atoms with Gasteiger partial charge in [0.05, 0.1) is 4.47 Å². The second-order valence-corrected chi connectivity index (χ2v) is 6.14. The maximum atomic E-state index is 13.8. The monoisotopic (exact) mass is 328 g/mol. The molecule has 1 aromatic rings. The SMILES string of the molecule is CCC(C)[C@@H](c1ccc(Br)c(F)c1)N1CCNCC1. The predicted molar refractivity (Wildman–Crippen MR) is 80.7 cm³/mol. The summed E-state index contributed by atoms with van der Waals surface area (Å²) >= 11 is 3.23. The van der Waals surface area contributed by atoms with Crippen molar-refractivity contribution in [2.24, 2.45) is 5.92 Å². The largest absolute Gasteiger partial charge is 0.314 e. The molecule has 19 heavy (non-hydrogen) atoms. The fourth-order valence-electron chi connectivity index (χ4n) is 2.78. The van der Waals surface area contributed by atoms with E-state index in [1.54, 1.807) is 6.07 Å². The molecule has 1 heterocycles. The van der Waals surface area contributed by atoms with Crippen LogP contribution in [0, 0.1) is 11.7 Å². The Morgan fingerprint density at radius 2 is 2.05 bits per heavy atom. The standard InChI is InChI=1S/C15H22BrFN2/c1-3-11(2)15(19-8-6-18-7-9-19)12-4-5-13(16)14(17)10-12/h4-5,10-11,15,18H,3,6-9H2,1-2H3/t11?,15-/m0/s1. The van der Waals surface area contributed by atoms with Crippen LogP contribution in [0.4, 0.5) is 4.39 Å². The van der Waals surface area contributed by atoms with Crippen molar-refractivity contribution in [3.05, 3.63) is 34.1 Å². The molecule has 1 N–H and O–H groups in total. The molecule has 1 aliphatic heterocycles. The van der Waals surface area contributed by atoms with E-state index >= 15 is 0 Å². The molecule has 0 aromatic heterocycles. The first kappa shape index (κ1) is 14.9. The number of nitrogens with one attached hydrogen (secondary N) is 1. The lowest BCUT2D eigenvalue weighted by atomic mass is 9.90. The van der Waals surface area contributed by atoms with Crippen LogP contribution in [-0.4, -0.2) is 31.1 Å². The van der Waals surface area contributed by atoms with Gasteiger partial charge in [0.2, 0.25) is 0 Å². The van der Waals surface area contributed by atoms with Gasteiger partial charge in [-0.2, -0.15) is 0 Å². The highest BCUT2D eigenvalue weighted by Gasteiger charge is 2.26. The van der Waals surface area contributed by atoms with E-state index in [1.165, 1.54) is 0 Å². The maximum absolute atomic E-state index is 13.8. The third-order valence-corrected chi connectivity index (χ3v) is 4.66. The van der Waals surface area contributed by atoms with Crippen molar-refractivity contribution in [3.63, 3.8) is 0 Å². The number of halogens is 2. The van der Waals surface area contributed by atoms with Gasteiger partial charge in [0.1, 0.15) is 5.82 Å². The van der Waals surface area contributed by atoms with E-state index in [1.807, 2.05) is 12.1 Å². The van der Waals surface area contributed by atoms with Crippen LogP contribution in [0.2, 0.25) is 0 Å². The van der Waals surface area contributed by atoms with Crippen LogP contribution in [0.15, 0.2) is 22.7 Å². The van der Waals surface area contributed by atoms with Gasteiger partial charge in [-0.1, -0.05) is 26.3 Å². The van der Waals surface area contributed by atoms with Crippen molar-refractivity contribution >= 4 is 15.9 Å². The Balaban J connectivity index is 2.27. The van der Waals surface area contributed by atoms with Gasteiger partial charge < -0.3 is 5.32 Å². The Morgan fingerprint density at radius 3 is 2.63 bits per heavy atom. The maximum Gasteiger partial charge on any atom is 0.137 e. The highest BCUT2D eigenvalue weighted by molar-refractivity contribution is 9.10. The summed E-state index contributed by atoms with van der Waals surface area (Å²) in [5.74, 6) is 0.361. The van der Waals surface area contributed by atoms with E-state index in [4.69, 9.17) is 0 Å². The van der Waals surface area contributed by atoms with Crippen LogP contribution < -0.4 is 5.32 Å². The van der Waals surface area contributed by atoms with Gasteiger partial charge >= 0.3 is 0 Å². The van der Waals surface area contributed by atoms with Crippen LogP contribution in [-0.2, 0) is 0 Å². The summed E-state index contributed by atoms with van der Waals surface area (Å²) in [7, 11) is 0. The van der Waals surface area contributed by atoms with E-state index < -0.39 is 0 Å². The van der Waals surface area contributed by atoms with Gasteiger partial charge in [0.25, 0.3) is 0 Å². The first-order valence-corrected chi connectivity index (χ1v) is 7.82. The smallest absolute Gasteiger partial charge is 0.137 e. The first-order chi connectivity index (χ1) is 9.13. The molecule has 0 amide bonds. The molecule has 1 aliphatic rings. The van der Waals surface area contributed by atoms with Crippen LogP contribution >= 0.6 is 15.9 Å². The minimum Gasteiger partial charge on any atom is -0.314 e. The highest BCUT2D eigenvalue weighted by atomic mass is 79.9. The van der Waals surface area contributed by atoms with Crippen molar-refractivity contribution < 1.29 is 4.39 Å². The third-order valence-electron chi connectivity index (χ3n) is 4.01. The number of nitrogens with zero attached hydrogens (tertiary/aromatic N) is 1. The van der Waals surface area contributed by atoms with E-state index in [0.717, 1.165) is 38.2 Å². The quantitative estimate of drug-likeness (QED) is 0.908. The Morgan fingerprint density at radius 1 is 1.37 bits per heavy atom. The molecule has 1 aromatic carbocycles. The zero-order valence-corrected chi connectivity index (χ0v) is 13.2. The predicted octanol–water partition coefficient (Wildman–Crippen LogP) is 3.58. The summed E-state index contributed by atoms with van der Waals surface area (Å²) in [4.78, 5) is 2.48. The van der Waals surface area contributed by atoms with Gasteiger partial charge in [-0.05, 0) is 39.5 Å². The molecule has 2 nitrogen and oxygen atoms in total. The minimum atomic E-state index is -0.166. The first-order valence-electron chi connectivity index (χ1n) is 7.03. The number of hydrogen-bond donors (Lipinski definition) is 1. The number of hydrogen-bond acceptors (Lipinski definition) is 2. The average molecular weight is 329 g/mol. The summed E-state index contributed by atoms with van der Waals surface area (Å²) in [6.45, 7) is 8.57. The molecule has 2 atom stereocenters. The summed E-state index contributed by atoms with van der Waals surface area (Å²) in [6, 6.07) is 5.87. The Bertz CT molecular complexity index is 419. The van der Waals surface area contributed by atoms with Crippen LogP contribution in [0.3, 0.4) is 0 Å². The average Bonchev–Trinajstić information content (AvgIpc) is 2.44. The van der Waals surface area contributed by atoms with Crippen LogP contribution in [0.5, 0.6) is 0 Å². The summed E-state index contributed by atoms with van der Waals surface area (Å²) in [5, 5.41) is 3.38. The molecular formula is C15H22BrFN2. The molecule has 0 aliphatic carbocycles. The molecule has 1 saturated heterocycles. The molecule has 0 spiro atoms. The second-order valence-electron chi connectivity index (χ2n) is 5.29. The Hall–Kier alpha value is -0.450. The topological polar surface area (TPSA) is 15.3 Å². The fraction of sp³-hybridized carbons (Fsp3) is 0.600. The van der Waals surface area contributed by atoms with Crippen LogP contribution in [0.1, 0.15) is 31.9 Å². The highest BCUT2D eigenvalue weighted by Crippen LogP contribution is 2.32. The molecule has 4 heteroatoms. The van der Waals surface area contributed by atoms with Crippen molar-refractivity contribution in [1.29, 1.82) is 0 Å². The molecular weight excluding hydrogens is 307 g/mol. The molecule has 0 radical (unpaired) electrons. The molecule has 106 valence electrons. The van der Waals surface area contributed by atoms with Gasteiger partial charge in [0, 0.05) is 32.2 Å². The van der Waals surface area contributed by atoms with E-state index in [9.17, 15) is 4.39 Å². The number of benzene rings is 1. The minimum absolute atomic E-state index is 0.166. The van der Waals surface area contributed by atoms with Gasteiger partial charge in [-0.15, -0.1) is 0 Å². The molecule has 0 saturated carbocycles. The lowest BCUT2D eigenvalue weighted by molar-refractivity contribution is 0.128. The number of piperazine rings is 1. The Kier molecular flexibility index (Phi) is 5.37. The van der Waals surface area contributed by atoms with Crippen molar-refractivity contribution in [1.82, 2.24) is 10.2 Å². The molecule has 1 fully saturated rings. The van der Waals surface area contributed by atoms with E-state index in [0.29, 0.717) is 16.4 Å². The van der Waals surface area contributed by atoms with Crippen LogP contribution in [0.25, 0.3) is 0 Å². The summed E-state index contributed by atoms with van der Waals surface area (Å²) in [5.41, 5.74) is 1.09. The Labute approximate surface area is 123 Å². The van der Waals surface area contributed by atoms with E-state index in [2.05, 4.69) is 40.0 Å². The fourth-order valence-corrected chi connectivity index (χ4v) is 3.03. The van der Waals surface area contributed by atoms with E-state index in [-0.39, 0.29) is 5.82 Å². The molecule has 1 unspecified atom stereocenters. The van der Waals surface area contributed by atoms with Gasteiger partial charge in [-0.3, -0.25) is 4.90 Å². The van der Waals surface area contributed by atoms with Crippen molar-refractivity contribution in [3.8, 4) is 0 Å². The molecule has 0 bridgehead atoms. The number of rotatable bonds is 4.